The van der Waals surface area contributed by atoms with Gasteiger partial charge < -0.3 is 9.84 Å². The molecule has 2 heterocycles. The quantitative estimate of drug-likeness (QED) is 0.310. The van der Waals surface area contributed by atoms with Gasteiger partial charge in [-0.1, -0.05) is 60.7 Å². The number of nitrogens with zero attached hydrogens (tertiary/aromatic N) is 1. The summed E-state index contributed by atoms with van der Waals surface area (Å²) >= 11 is 0. The highest BCUT2D eigenvalue weighted by Gasteiger charge is 2.56. The number of hydrogen-bond acceptors (Lipinski definition) is 3. The summed E-state index contributed by atoms with van der Waals surface area (Å²) < 4.78 is 87.7. The molecule has 2 fully saturated rings. The molecule has 3 aromatic carbocycles. The van der Waals surface area contributed by atoms with Crippen LogP contribution in [0.5, 0.6) is 0 Å². The minimum atomic E-state index is -4.99. The molecule has 0 aliphatic carbocycles. The first kappa shape index (κ1) is 27.7. The molecule has 0 saturated carbocycles. The number of hydrogen-bond donors (Lipinski definition) is 1. The fraction of sp³-hybridized carbons (Fsp3) is 0.400. The molecular formula is C30H29F6NO2. The Balaban J connectivity index is 1.55. The fourth-order valence-electron chi connectivity index (χ4n) is 6.28. The minimum Gasteiger partial charge on any atom is -0.393 e. The van der Waals surface area contributed by atoms with Crippen molar-refractivity contribution in [3.8, 4) is 0 Å². The molecule has 5 rings (SSSR count). The average Bonchev–Trinajstić information content (AvgIpc) is 3.15. The van der Waals surface area contributed by atoms with Gasteiger partial charge in [-0.2, -0.15) is 26.3 Å². The Morgan fingerprint density at radius 1 is 0.821 bits per heavy atom. The predicted molar refractivity (Wildman–Crippen MR) is 134 cm³/mol. The zero-order valence-electron chi connectivity index (χ0n) is 21.1. The average molecular weight is 550 g/mol. The van der Waals surface area contributed by atoms with Gasteiger partial charge in [-0.15, -0.1) is 0 Å². The SMILES string of the molecule is OC[C@@H](OC1CCC2CCC1(c1ccccc1)N2Cc1ccccc1)c1cc(C(F)(F)F)cc(C(F)(F)F)c1. The number of halogens is 6. The van der Waals surface area contributed by atoms with Crippen LogP contribution in [-0.4, -0.2) is 28.8 Å². The number of aliphatic hydroxyl groups excluding tert-OH is 1. The Morgan fingerprint density at radius 3 is 1.97 bits per heavy atom. The van der Waals surface area contributed by atoms with Crippen LogP contribution in [-0.2, 0) is 29.2 Å². The van der Waals surface area contributed by atoms with Gasteiger partial charge in [0, 0.05) is 12.6 Å². The van der Waals surface area contributed by atoms with E-state index in [9.17, 15) is 31.4 Å². The molecule has 39 heavy (non-hydrogen) atoms. The Bertz CT molecular complexity index is 1230. The summed E-state index contributed by atoms with van der Waals surface area (Å²) in [5.41, 5.74) is -1.79. The number of rotatable bonds is 7. The minimum absolute atomic E-state index is 0.0904. The molecule has 2 saturated heterocycles. The molecule has 0 radical (unpaired) electrons. The maximum atomic E-state index is 13.5. The molecule has 3 nitrogen and oxygen atoms in total. The van der Waals surface area contributed by atoms with Gasteiger partial charge in [-0.3, -0.25) is 4.90 Å². The molecular weight excluding hydrogens is 520 g/mol. The van der Waals surface area contributed by atoms with Crippen molar-refractivity contribution in [2.24, 2.45) is 0 Å². The molecule has 0 spiro atoms. The van der Waals surface area contributed by atoms with Crippen molar-refractivity contribution in [3.63, 3.8) is 0 Å². The normalized spacial score (nSPS) is 24.6. The van der Waals surface area contributed by atoms with E-state index in [1.807, 2.05) is 60.7 Å². The highest BCUT2D eigenvalue weighted by molar-refractivity contribution is 5.36. The molecule has 208 valence electrons. The first-order valence-corrected chi connectivity index (χ1v) is 12.9. The van der Waals surface area contributed by atoms with Crippen LogP contribution in [0.3, 0.4) is 0 Å². The number of fused-ring (bicyclic) bond motifs is 2. The summed E-state index contributed by atoms with van der Waals surface area (Å²) in [6.45, 7) is -0.145. The lowest BCUT2D eigenvalue weighted by Gasteiger charge is -2.51. The molecule has 9 heteroatoms. The number of piperidine rings is 1. The predicted octanol–water partition coefficient (Wildman–Crippen LogP) is 7.50. The first-order chi connectivity index (χ1) is 18.5. The maximum absolute atomic E-state index is 13.5. The van der Waals surface area contributed by atoms with Crippen molar-refractivity contribution >= 4 is 0 Å². The van der Waals surface area contributed by atoms with Crippen LogP contribution in [0.1, 0.15) is 59.6 Å². The van der Waals surface area contributed by atoms with Crippen LogP contribution in [0.4, 0.5) is 26.3 Å². The van der Waals surface area contributed by atoms with Gasteiger partial charge in [0.1, 0.15) is 6.10 Å². The highest BCUT2D eigenvalue weighted by atomic mass is 19.4. The Kier molecular flexibility index (Phi) is 7.52. The third-order valence-electron chi connectivity index (χ3n) is 8.05. The van der Waals surface area contributed by atoms with E-state index in [2.05, 4.69) is 4.90 Å². The van der Waals surface area contributed by atoms with Crippen LogP contribution in [0.25, 0.3) is 0 Å². The topological polar surface area (TPSA) is 32.7 Å². The molecule has 4 atom stereocenters. The van der Waals surface area contributed by atoms with Crippen molar-refractivity contribution < 1.29 is 36.2 Å². The van der Waals surface area contributed by atoms with Gasteiger partial charge in [-0.25, -0.2) is 0 Å². The highest BCUT2D eigenvalue weighted by Crippen LogP contribution is 2.53. The zero-order valence-corrected chi connectivity index (χ0v) is 21.1. The molecule has 2 aliphatic heterocycles. The summed E-state index contributed by atoms with van der Waals surface area (Å²) in [5.74, 6) is 0. The fourth-order valence-corrected chi connectivity index (χ4v) is 6.28. The van der Waals surface area contributed by atoms with Crippen molar-refractivity contribution in [2.45, 2.75) is 68.4 Å². The van der Waals surface area contributed by atoms with Gasteiger partial charge in [0.15, 0.2) is 0 Å². The van der Waals surface area contributed by atoms with Crippen molar-refractivity contribution in [2.75, 3.05) is 6.61 Å². The second kappa shape index (κ2) is 10.6. The van der Waals surface area contributed by atoms with E-state index in [1.165, 1.54) is 0 Å². The van der Waals surface area contributed by atoms with Gasteiger partial charge in [0.2, 0.25) is 0 Å². The summed E-state index contributed by atoms with van der Waals surface area (Å²) in [6.07, 6.45) is -8.99. The molecule has 1 N–H and O–H groups in total. The summed E-state index contributed by atoms with van der Waals surface area (Å²) in [6, 6.07) is 21.2. The van der Waals surface area contributed by atoms with Gasteiger partial charge in [0.05, 0.1) is 29.4 Å². The Hall–Kier alpha value is -2.88. The number of alkyl halides is 6. The molecule has 0 aromatic heterocycles. The maximum Gasteiger partial charge on any atom is 0.416 e. The van der Waals surface area contributed by atoms with Crippen molar-refractivity contribution in [1.29, 1.82) is 0 Å². The van der Waals surface area contributed by atoms with E-state index in [0.717, 1.165) is 24.0 Å². The second-order valence-electron chi connectivity index (χ2n) is 10.3. The van der Waals surface area contributed by atoms with E-state index in [0.29, 0.717) is 31.5 Å². The third-order valence-corrected chi connectivity index (χ3v) is 8.05. The zero-order chi connectivity index (χ0) is 27.8. The number of aliphatic hydroxyl groups is 1. The van der Waals surface area contributed by atoms with Crippen molar-refractivity contribution in [3.05, 3.63) is 107 Å². The summed E-state index contributed by atoms with van der Waals surface area (Å²) in [5, 5.41) is 10.2. The number of ether oxygens (including phenoxy) is 1. The molecule has 3 unspecified atom stereocenters. The molecule has 3 aromatic rings. The van der Waals surface area contributed by atoms with Crippen LogP contribution in [0, 0.1) is 0 Å². The van der Waals surface area contributed by atoms with E-state index >= 15 is 0 Å². The van der Waals surface area contributed by atoms with E-state index in [4.69, 9.17) is 4.74 Å². The van der Waals surface area contributed by atoms with Gasteiger partial charge in [-0.05, 0) is 60.6 Å². The van der Waals surface area contributed by atoms with Crippen molar-refractivity contribution in [1.82, 2.24) is 4.90 Å². The van der Waals surface area contributed by atoms with Crippen LogP contribution < -0.4 is 0 Å². The summed E-state index contributed by atoms with van der Waals surface area (Å²) in [7, 11) is 0. The first-order valence-electron chi connectivity index (χ1n) is 12.9. The van der Waals surface area contributed by atoms with E-state index in [1.54, 1.807) is 0 Å². The second-order valence-corrected chi connectivity index (χ2v) is 10.3. The van der Waals surface area contributed by atoms with Crippen LogP contribution >= 0.6 is 0 Å². The molecule has 0 amide bonds. The molecule has 2 bridgehead atoms. The third kappa shape index (κ3) is 5.44. The lowest BCUT2D eigenvalue weighted by Crippen LogP contribution is -2.56. The molecule has 2 aliphatic rings. The number of benzene rings is 3. The lowest BCUT2D eigenvalue weighted by molar-refractivity contribution is -0.146. The van der Waals surface area contributed by atoms with E-state index in [-0.39, 0.29) is 17.7 Å². The Labute approximate surface area is 223 Å². The monoisotopic (exact) mass is 549 g/mol. The van der Waals surface area contributed by atoms with Gasteiger partial charge >= 0.3 is 12.4 Å². The lowest BCUT2D eigenvalue weighted by atomic mass is 9.78. The van der Waals surface area contributed by atoms with Crippen LogP contribution in [0.2, 0.25) is 0 Å². The van der Waals surface area contributed by atoms with Gasteiger partial charge in [0.25, 0.3) is 0 Å². The Morgan fingerprint density at radius 2 is 1.41 bits per heavy atom. The smallest absolute Gasteiger partial charge is 0.393 e. The van der Waals surface area contributed by atoms with E-state index < -0.39 is 47.8 Å². The summed E-state index contributed by atoms with van der Waals surface area (Å²) in [4.78, 5) is 2.37. The standard InChI is InChI=1S/C30H29F6NO2/c31-29(32,33)23-15-21(16-24(17-23)30(34,35)36)26(19-38)39-27-12-11-25-13-14-28(27,22-9-5-2-6-10-22)37(25)18-20-7-3-1-4-8-20/h1-10,15-17,25-27,38H,11-14,18-19H2/t25?,26-,27?,28?/m1/s1. The van der Waals surface area contributed by atoms with Crippen LogP contribution in [0.15, 0.2) is 78.9 Å². The largest absolute Gasteiger partial charge is 0.416 e.